The second kappa shape index (κ2) is 6.99. The quantitative estimate of drug-likeness (QED) is 0.720. The molecule has 0 saturated heterocycles. The molecule has 1 aromatic heterocycles. The molecule has 2 aliphatic carbocycles. The fourth-order valence-electron chi connectivity index (χ4n) is 3.67. The van der Waals surface area contributed by atoms with E-state index in [1.807, 2.05) is 0 Å². The molecule has 2 saturated carbocycles. The number of hydrogen-bond acceptors (Lipinski definition) is 3. The molecule has 4 rings (SSSR count). The van der Waals surface area contributed by atoms with Gasteiger partial charge in [-0.05, 0) is 30.9 Å². The topological polar surface area (TPSA) is 56.2 Å². The number of anilines is 1. The first-order valence-electron chi connectivity index (χ1n) is 9.11. The van der Waals surface area contributed by atoms with Gasteiger partial charge in [0.05, 0.1) is 10.7 Å². The van der Waals surface area contributed by atoms with Crippen molar-refractivity contribution >= 4 is 23.5 Å². The second-order valence-corrected chi connectivity index (χ2v) is 7.81. The SMILES string of the molecule is Cn1nc(NC(=O)OC2CC(F)(F)C2)c(C2CCC2)c1-c1ccc(Cl)c(F)c1. The molecule has 9 heteroatoms. The molecule has 5 nitrogen and oxygen atoms in total. The van der Waals surface area contributed by atoms with Gasteiger partial charge in [-0.1, -0.05) is 24.1 Å². The Morgan fingerprint density at radius 3 is 2.64 bits per heavy atom. The van der Waals surface area contributed by atoms with Crippen LogP contribution in [0.15, 0.2) is 18.2 Å². The average molecular weight is 414 g/mol. The minimum Gasteiger partial charge on any atom is -0.445 e. The third-order valence-electron chi connectivity index (χ3n) is 5.34. The zero-order valence-corrected chi connectivity index (χ0v) is 15.9. The normalized spacial score (nSPS) is 19.0. The fourth-order valence-corrected chi connectivity index (χ4v) is 3.79. The molecule has 0 bridgehead atoms. The van der Waals surface area contributed by atoms with Gasteiger partial charge in [-0.15, -0.1) is 0 Å². The number of halogens is 4. The zero-order valence-electron chi connectivity index (χ0n) is 15.1. The van der Waals surface area contributed by atoms with Crippen molar-refractivity contribution in [1.29, 1.82) is 0 Å². The van der Waals surface area contributed by atoms with Gasteiger partial charge in [0.15, 0.2) is 5.82 Å². The van der Waals surface area contributed by atoms with Gasteiger partial charge >= 0.3 is 6.09 Å². The Balaban J connectivity index is 1.61. The summed E-state index contributed by atoms with van der Waals surface area (Å²) in [6, 6.07) is 4.51. The highest BCUT2D eigenvalue weighted by Gasteiger charge is 2.47. The van der Waals surface area contributed by atoms with Crippen molar-refractivity contribution in [2.24, 2.45) is 7.05 Å². The van der Waals surface area contributed by atoms with Gasteiger partial charge in [0.2, 0.25) is 0 Å². The standard InChI is InChI=1S/C19H19ClF3N3O2/c1-26-16(11-5-6-13(20)14(21)7-11)15(10-3-2-4-10)17(25-26)24-18(27)28-12-8-19(22,23)9-12/h5-7,10,12H,2-4,8-9H2,1H3,(H,24,25,27). The van der Waals surface area contributed by atoms with E-state index >= 15 is 0 Å². The number of aromatic nitrogens is 2. The molecule has 150 valence electrons. The van der Waals surface area contributed by atoms with E-state index in [1.165, 1.54) is 12.1 Å². The van der Waals surface area contributed by atoms with Crippen LogP contribution in [-0.4, -0.2) is 27.9 Å². The smallest absolute Gasteiger partial charge is 0.413 e. The van der Waals surface area contributed by atoms with Gasteiger partial charge in [-0.3, -0.25) is 10.00 Å². The van der Waals surface area contributed by atoms with E-state index in [0.717, 1.165) is 24.8 Å². The van der Waals surface area contributed by atoms with E-state index in [1.54, 1.807) is 17.8 Å². The van der Waals surface area contributed by atoms with Crippen LogP contribution in [0.1, 0.15) is 43.6 Å². The lowest BCUT2D eigenvalue weighted by Crippen LogP contribution is -2.43. The third kappa shape index (κ3) is 3.57. The molecule has 2 aliphatic rings. The van der Waals surface area contributed by atoms with Gasteiger partial charge in [0.25, 0.3) is 5.92 Å². The number of hydrogen-bond donors (Lipinski definition) is 1. The minimum absolute atomic E-state index is 0.0235. The highest BCUT2D eigenvalue weighted by molar-refractivity contribution is 6.30. The highest BCUT2D eigenvalue weighted by Crippen LogP contribution is 2.45. The summed E-state index contributed by atoms with van der Waals surface area (Å²) in [5.41, 5.74) is 2.08. The molecule has 0 unspecified atom stereocenters. The predicted molar refractivity (Wildman–Crippen MR) is 98.3 cm³/mol. The van der Waals surface area contributed by atoms with Gasteiger partial charge in [-0.25, -0.2) is 18.0 Å². The third-order valence-corrected chi connectivity index (χ3v) is 5.64. The largest absolute Gasteiger partial charge is 0.445 e. The van der Waals surface area contributed by atoms with Crippen LogP contribution in [0.25, 0.3) is 11.3 Å². The van der Waals surface area contributed by atoms with Crippen LogP contribution in [0.2, 0.25) is 5.02 Å². The fraction of sp³-hybridized carbons (Fsp3) is 0.474. The van der Waals surface area contributed by atoms with Crippen LogP contribution in [0.3, 0.4) is 0 Å². The molecular weight excluding hydrogens is 395 g/mol. The maximum Gasteiger partial charge on any atom is 0.413 e. The van der Waals surface area contributed by atoms with Gasteiger partial charge in [-0.2, -0.15) is 5.10 Å². The van der Waals surface area contributed by atoms with Crippen molar-refractivity contribution in [1.82, 2.24) is 9.78 Å². The van der Waals surface area contributed by atoms with Gasteiger partial charge < -0.3 is 4.74 Å². The molecule has 1 amide bonds. The van der Waals surface area contributed by atoms with Crippen molar-refractivity contribution in [3.63, 3.8) is 0 Å². The Labute approximate surface area is 164 Å². The van der Waals surface area contributed by atoms with E-state index < -0.39 is 36.8 Å². The number of aryl methyl sites for hydroxylation is 1. The lowest BCUT2D eigenvalue weighted by Gasteiger charge is -2.34. The maximum absolute atomic E-state index is 14.0. The van der Waals surface area contributed by atoms with E-state index in [9.17, 15) is 18.0 Å². The van der Waals surface area contributed by atoms with Crippen LogP contribution in [0.5, 0.6) is 0 Å². The Kier molecular flexibility index (Phi) is 4.77. The Hall–Kier alpha value is -2.22. The van der Waals surface area contributed by atoms with Crippen molar-refractivity contribution in [3.8, 4) is 11.3 Å². The Morgan fingerprint density at radius 1 is 1.36 bits per heavy atom. The maximum atomic E-state index is 14.0. The molecule has 1 N–H and O–H groups in total. The minimum atomic E-state index is -2.77. The summed E-state index contributed by atoms with van der Waals surface area (Å²) >= 11 is 5.79. The first-order chi connectivity index (χ1) is 13.2. The Bertz CT molecular complexity index is 919. The number of alkyl halides is 2. The second-order valence-electron chi connectivity index (χ2n) is 7.41. The van der Waals surface area contributed by atoms with Crippen molar-refractivity contribution < 1.29 is 22.7 Å². The summed E-state index contributed by atoms with van der Waals surface area (Å²) in [6.07, 6.45) is 0.361. The van der Waals surface area contributed by atoms with Crippen LogP contribution in [-0.2, 0) is 11.8 Å². The lowest BCUT2D eigenvalue weighted by molar-refractivity contribution is -0.142. The molecular formula is C19H19ClF3N3O2. The summed E-state index contributed by atoms with van der Waals surface area (Å²) in [5, 5.41) is 6.97. The number of rotatable bonds is 4. The molecule has 2 fully saturated rings. The van der Waals surface area contributed by atoms with E-state index in [4.69, 9.17) is 16.3 Å². The summed E-state index contributed by atoms with van der Waals surface area (Å²) in [5.74, 6) is -2.82. The molecule has 28 heavy (non-hydrogen) atoms. The summed E-state index contributed by atoms with van der Waals surface area (Å²) in [4.78, 5) is 12.2. The molecule has 0 atom stereocenters. The predicted octanol–water partition coefficient (Wildman–Crippen LogP) is 5.49. The van der Waals surface area contributed by atoms with E-state index in [-0.39, 0.29) is 10.9 Å². The van der Waals surface area contributed by atoms with Gasteiger partial charge in [0.1, 0.15) is 11.9 Å². The molecule has 0 spiro atoms. The average Bonchev–Trinajstić information content (AvgIpc) is 2.83. The number of carbonyl (C=O) groups excluding carboxylic acids is 1. The van der Waals surface area contributed by atoms with Crippen LogP contribution in [0.4, 0.5) is 23.8 Å². The lowest BCUT2D eigenvalue weighted by atomic mass is 9.79. The number of nitrogens with zero attached hydrogens (tertiary/aromatic N) is 2. The van der Waals surface area contributed by atoms with Crippen LogP contribution < -0.4 is 5.32 Å². The molecule has 2 aromatic rings. The van der Waals surface area contributed by atoms with Crippen LogP contribution >= 0.6 is 11.6 Å². The number of carbonyl (C=O) groups is 1. The molecule has 0 aliphatic heterocycles. The van der Waals surface area contributed by atoms with E-state index in [2.05, 4.69) is 10.4 Å². The number of ether oxygens (including phenoxy) is 1. The first kappa shape index (κ1) is 19.1. The monoisotopic (exact) mass is 413 g/mol. The Morgan fingerprint density at radius 2 is 2.07 bits per heavy atom. The number of amides is 1. The number of benzene rings is 1. The zero-order chi connectivity index (χ0) is 20.1. The molecule has 1 aromatic carbocycles. The van der Waals surface area contributed by atoms with Crippen molar-refractivity contribution in [2.75, 3.05) is 5.32 Å². The first-order valence-corrected chi connectivity index (χ1v) is 9.49. The summed E-state index contributed by atoms with van der Waals surface area (Å²) in [6.45, 7) is 0. The summed E-state index contributed by atoms with van der Waals surface area (Å²) < 4.78 is 46.5. The number of nitrogens with one attached hydrogen (secondary N) is 1. The molecule has 1 heterocycles. The summed E-state index contributed by atoms with van der Waals surface area (Å²) in [7, 11) is 1.70. The van der Waals surface area contributed by atoms with Crippen LogP contribution in [0, 0.1) is 5.82 Å². The highest BCUT2D eigenvalue weighted by atomic mass is 35.5. The van der Waals surface area contributed by atoms with E-state index in [0.29, 0.717) is 17.1 Å². The van der Waals surface area contributed by atoms with Crippen molar-refractivity contribution in [2.45, 2.75) is 50.0 Å². The van der Waals surface area contributed by atoms with Crippen molar-refractivity contribution in [3.05, 3.63) is 34.6 Å². The van der Waals surface area contributed by atoms with Gasteiger partial charge in [0, 0.05) is 31.0 Å². The molecule has 0 radical (unpaired) electrons.